The Kier molecular flexibility index (Phi) is 4.63. The maximum Gasteiger partial charge on any atom is 0.0431 e. The summed E-state index contributed by atoms with van der Waals surface area (Å²) in [6, 6.07) is 0. The van der Waals surface area contributed by atoms with Crippen LogP contribution in [0.15, 0.2) is 22.9 Å². The van der Waals surface area contributed by atoms with Crippen molar-refractivity contribution >= 4 is 0 Å². The van der Waals surface area contributed by atoms with Gasteiger partial charge in [-0.1, -0.05) is 12.5 Å². The van der Waals surface area contributed by atoms with Gasteiger partial charge in [0.05, 0.1) is 0 Å². The third kappa shape index (κ3) is 3.11. The molecular formula is C14H25N3. The van der Waals surface area contributed by atoms with E-state index >= 15 is 0 Å². The summed E-state index contributed by atoms with van der Waals surface area (Å²) in [4.78, 5) is 2.57. The van der Waals surface area contributed by atoms with Crippen LogP contribution in [-0.2, 0) is 0 Å². The summed E-state index contributed by atoms with van der Waals surface area (Å²) < 4.78 is 0. The lowest BCUT2D eigenvalue weighted by Gasteiger charge is -2.27. The number of allylic oxidation sites excluding steroid dienone is 2. The van der Waals surface area contributed by atoms with E-state index in [0.29, 0.717) is 6.67 Å². The van der Waals surface area contributed by atoms with Crippen molar-refractivity contribution in [3.8, 4) is 0 Å². The van der Waals surface area contributed by atoms with Gasteiger partial charge in [-0.25, -0.2) is 0 Å². The van der Waals surface area contributed by atoms with Crippen LogP contribution < -0.4 is 11.1 Å². The topological polar surface area (TPSA) is 41.3 Å². The maximum atomic E-state index is 5.50. The molecule has 0 amide bonds. The fourth-order valence-electron chi connectivity index (χ4n) is 2.81. The minimum atomic E-state index is 0.570. The average molecular weight is 235 g/mol. The van der Waals surface area contributed by atoms with Gasteiger partial charge in [-0.2, -0.15) is 0 Å². The van der Waals surface area contributed by atoms with Gasteiger partial charge in [0.2, 0.25) is 0 Å². The lowest BCUT2D eigenvalue weighted by molar-refractivity contribution is 0.427. The van der Waals surface area contributed by atoms with E-state index in [9.17, 15) is 0 Å². The SMILES string of the molecule is CCC1=C(N2CCCC2)C=C(CNCN)CC1. The van der Waals surface area contributed by atoms with E-state index in [2.05, 4.69) is 23.2 Å². The first-order chi connectivity index (χ1) is 8.35. The molecule has 1 aliphatic carbocycles. The predicted molar refractivity (Wildman–Crippen MR) is 72.5 cm³/mol. The van der Waals surface area contributed by atoms with Crippen molar-refractivity contribution in [3.63, 3.8) is 0 Å². The van der Waals surface area contributed by atoms with E-state index in [1.807, 2.05) is 0 Å². The smallest absolute Gasteiger partial charge is 0.0431 e. The average Bonchev–Trinajstić information content (AvgIpc) is 2.89. The number of nitrogens with two attached hydrogens (primary N) is 1. The fraction of sp³-hybridized carbons (Fsp3) is 0.714. The number of rotatable bonds is 5. The minimum absolute atomic E-state index is 0.570. The number of hydrogen-bond acceptors (Lipinski definition) is 3. The first-order valence-corrected chi connectivity index (χ1v) is 6.92. The zero-order valence-corrected chi connectivity index (χ0v) is 11.0. The van der Waals surface area contributed by atoms with E-state index in [-0.39, 0.29) is 0 Å². The molecule has 0 saturated carbocycles. The van der Waals surface area contributed by atoms with E-state index in [1.165, 1.54) is 56.5 Å². The van der Waals surface area contributed by atoms with Gasteiger partial charge in [0.15, 0.2) is 0 Å². The number of hydrogen-bond donors (Lipinski definition) is 2. The summed E-state index contributed by atoms with van der Waals surface area (Å²) in [6.45, 7) is 6.29. The van der Waals surface area contributed by atoms with Crippen molar-refractivity contribution in [1.29, 1.82) is 0 Å². The summed E-state index contributed by atoms with van der Waals surface area (Å²) in [5.41, 5.74) is 10.2. The highest BCUT2D eigenvalue weighted by Crippen LogP contribution is 2.30. The molecule has 2 rings (SSSR count). The Labute approximate surface area is 105 Å². The van der Waals surface area contributed by atoms with Crippen LogP contribution in [0, 0.1) is 0 Å². The molecule has 96 valence electrons. The summed E-state index contributed by atoms with van der Waals surface area (Å²) in [6.07, 6.45) is 8.75. The number of likely N-dealkylation sites (tertiary alicyclic amines) is 1. The van der Waals surface area contributed by atoms with E-state index < -0.39 is 0 Å². The van der Waals surface area contributed by atoms with Crippen LogP contribution in [0.4, 0.5) is 0 Å². The first kappa shape index (κ1) is 12.7. The normalized spacial score (nSPS) is 21.1. The fourth-order valence-corrected chi connectivity index (χ4v) is 2.81. The van der Waals surface area contributed by atoms with Crippen LogP contribution in [0.5, 0.6) is 0 Å². The molecule has 0 atom stereocenters. The zero-order valence-electron chi connectivity index (χ0n) is 11.0. The van der Waals surface area contributed by atoms with Crippen molar-refractivity contribution < 1.29 is 0 Å². The molecule has 1 heterocycles. The number of nitrogens with one attached hydrogen (secondary N) is 1. The molecule has 0 bridgehead atoms. The molecule has 0 unspecified atom stereocenters. The van der Waals surface area contributed by atoms with Gasteiger partial charge in [-0.15, -0.1) is 0 Å². The third-order valence-electron chi connectivity index (χ3n) is 3.82. The van der Waals surface area contributed by atoms with Gasteiger partial charge in [0.1, 0.15) is 0 Å². The van der Waals surface area contributed by atoms with Crippen molar-refractivity contribution in [2.75, 3.05) is 26.3 Å². The van der Waals surface area contributed by atoms with Crippen LogP contribution >= 0.6 is 0 Å². The second-order valence-corrected chi connectivity index (χ2v) is 4.97. The van der Waals surface area contributed by atoms with Crippen LogP contribution in [0.3, 0.4) is 0 Å². The van der Waals surface area contributed by atoms with Gasteiger partial charge < -0.3 is 16.0 Å². The lowest BCUT2D eigenvalue weighted by Crippen LogP contribution is -2.27. The lowest BCUT2D eigenvalue weighted by atomic mass is 9.93. The van der Waals surface area contributed by atoms with Crippen molar-refractivity contribution in [1.82, 2.24) is 10.2 Å². The summed E-state index contributed by atoms with van der Waals surface area (Å²) >= 11 is 0. The highest BCUT2D eigenvalue weighted by Gasteiger charge is 2.19. The molecule has 0 radical (unpaired) electrons. The molecule has 0 aromatic rings. The highest BCUT2D eigenvalue weighted by molar-refractivity contribution is 5.33. The molecule has 17 heavy (non-hydrogen) atoms. The van der Waals surface area contributed by atoms with E-state index in [0.717, 1.165) is 6.54 Å². The second kappa shape index (κ2) is 6.22. The van der Waals surface area contributed by atoms with Crippen molar-refractivity contribution in [2.45, 2.75) is 39.0 Å². The van der Waals surface area contributed by atoms with Crippen LogP contribution in [0.1, 0.15) is 39.0 Å². The summed E-state index contributed by atoms with van der Waals surface area (Å²) in [5, 5.41) is 3.23. The Balaban J connectivity index is 2.10. The molecule has 1 fully saturated rings. The minimum Gasteiger partial charge on any atom is -0.372 e. The molecular weight excluding hydrogens is 210 g/mol. The van der Waals surface area contributed by atoms with Crippen LogP contribution in [0.2, 0.25) is 0 Å². The molecule has 3 heteroatoms. The molecule has 0 aromatic heterocycles. The van der Waals surface area contributed by atoms with E-state index in [1.54, 1.807) is 5.57 Å². The molecule has 1 saturated heterocycles. The largest absolute Gasteiger partial charge is 0.372 e. The van der Waals surface area contributed by atoms with Crippen molar-refractivity contribution in [3.05, 3.63) is 22.9 Å². The van der Waals surface area contributed by atoms with Gasteiger partial charge in [0.25, 0.3) is 0 Å². The zero-order chi connectivity index (χ0) is 12.1. The van der Waals surface area contributed by atoms with Gasteiger partial charge in [0, 0.05) is 32.0 Å². The standard InChI is InChI=1S/C14H25N3/c1-2-13-6-5-12(10-16-11-15)9-14(13)17-7-3-4-8-17/h9,16H,2-8,10-11,15H2,1H3. The van der Waals surface area contributed by atoms with Gasteiger partial charge in [-0.05, 0) is 43.8 Å². The van der Waals surface area contributed by atoms with Gasteiger partial charge in [-0.3, -0.25) is 0 Å². The highest BCUT2D eigenvalue weighted by atomic mass is 15.1. The molecule has 3 nitrogen and oxygen atoms in total. The monoisotopic (exact) mass is 235 g/mol. The molecule has 1 aliphatic heterocycles. The Hall–Kier alpha value is -0.800. The summed E-state index contributed by atoms with van der Waals surface area (Å²) in [7, 11) is 0. The maximum absolute atomic E-state index is 5.50. The van der Waals surface area contributed by atoms with Crippen LogP contribution in [-0.4, -0.2) is 31.2 Å². The first-order valence-electron chi connectivity index (χ1n) is 6.92. The quantitative estimate of drug-likeness (QED) is 0.716. The molecule has 0 spiro atoms. The molecule has 2 aliphatic rings. The molecule has 3 N–H and O–H groups in total. The Morgan fingerprint density at radius 2 is 2.06 bits per heavy atom. The Morgan fingerprint density at radius 1 is 1.29 bits per heavy atom. The number of nitrogens with zero attached hydrogens (tertiary/aromatic N) is 1. The predicted octanol–water partition coefficient (Wildman–Crippen LogP) is 1.97. The van der Waals surface area contributed by atoms with Crippen molar-refractivity contribution in [2.24, 2.45) is 5.73 Å². The molecule has 0 aromatic carbocycles. The second-order valence-electron chi connectivity index (χ2n) is 4.97. The van der Waals surface area contributed by atoms with E-state index in [4.69, 9.17) is 5.73 Å². The Morgan fingerprint density at radius 3 is 2.71 bits per heavy atom. The third-order valence-corrected chi connectivity index (χ3v) is 3.82. The van der Waals surface area contributed by atoms with Crippen LogP contribution in [0.25, 0.3) is 0 Å². The van der Waals surface area contributed by atoms with Gasteiger partial charge >= 0.3 is 0 Å². The Bertz CT molecular complexity index is 311. The summed E-state index contributed by atoms with van der Waals surface area (Å²) in [5.74, 6) is 0.